The van der Waals surface area contributed by atoms with E-state index >= 15 is 0 Å². The van der Waals surface area contributed by atoms with E-state index in [-0.39, 0.29) is 31.0 Å². The van der Waals surface area contributed by atoms with E-state index in [0.29, 0.717) is 10.3 Å². The number of thiol groups is 1. The van der Waals surface area contributed by atoms with Crippen molar-refractivity contribution in [3.05, 3.63) is 0 Å². The molecule has 1 nitrogen and oxygen atoms in total. The molecule has 0 saturated heterocycles. The van der Waals surface area contributed by atoms with Crippen LogP contribution in [-0.4, -0.2) is 11.0 Å². The Hall–Kier alpha value is 1.24. The Kier molecular flexibility index (Phi) is 14.5. The van der Waals surface area contributed by atoms with Crippen molar-refractivity contribution in [3.63, 3.8) is 0 Å². The largest absolute Gasteiger partial charge is 1.00 e. The Bertz CT molecular complexity index is 136. The van der Waals surface area contributed by atoms with Crippen LogP contribution >= 0.6 is 24.8 Å². The monoisotopic (exact) mass is 230 g/mol. The molecule has 0 aliphatic rings. The predicted octanol–water partition coefficient (Wildman–Crippen LogP) is 0.551. The third-order valence-electron chi connectivity index (χ3n) is 1.99. The van der Waals surface area contributed by atoms with Gasteiger partial charge in [0.25, 0.3) is 0 Å². The zero-order chi connectivity index (χ0) is 9.40. The summed E-state index contributed by atoms with van der Waals surface area (Å²) in [6.07, 6.45) is 4.93. The van der Waals surface area contributed by atoms with Crippen LogP contribution < -0.4 is 29.6 Å². The maximum atomic E-state index is 5.19. The van der Waals surface area contributed by atoms with Gasteiger partial charge >= 0.3 is 29.6 Å². The fourth-order valence-corrected chi connectivity index (χ4v) is 1.23. The first-order chi connectivity index (χ1) is 5.70. The van der Waals surface area contributed by atoms with Crippen molar-refractivity contribution in [1.82, 2.24) is 0 Å². The summed E-state index contributed by atoms with van der Waals surface area (Å²) in [5, 5.41) is 0. The molecule has 13 heavy (non-hydrogen) atoms. The maximum Gasteiger partial charge on any atom is 1.00 e. The van der Waals surface area contributed by atoms with Gasteiger partial charge in [-0.3, -0.25) is 0 Å². The summed E-state index contributed by atoms with van der Waals surface area (Å²) in [6.45, 7) is 5.13. The number of rotatable bonds is 6. The van der Waals surface area contributed by atoms with Crippen molar-refractivity contribution in [1.29, 1.82) is 0 Å². The molecule has 0 saturated carbocycles. The molecule has 0 heterocycles. The number of thiocarbonyl (C=S) groups is 1. The van der Waals surface area contributed by atoms with Crippen molar-refractivity contribution in [2.24, 2.45) is 5.92 Å². The second-order valence-electron chi connectivity index (χ2n) is 2.99. The molecule has 0 spiro atoms. The molecule has 0 aromatic heterocycles. The fourth-order valence-electron chi connectivity index (χ4n) is 1.09. The van der Waals surface area contributed by atoms with Gasteiger partial charge in [0, 0.05) is 0 Å². The average molecular weight is 230 g/mol. The van der Waals surface area contributed by atoms with E-state index in [9.17, 15) is 0 Å². The van der Waals surface area contributed by atoms with Crippen molar-refractivity contribution < 1.29 is 35.7 Å². The fraction of sp³-hybridized carbons (Fsp3) is 0.889. The number of unbranched alkanes of at least 4 members (excludes halogenated alkanes) is 1. The van der Waals surface area contributed by atoms with Gasteiger partial charge in [0.05, 0.1) is 6.61 Å². The van der Waals surface area contributed by atoms with Gasteiger partial charge in [-0.1, -0.05) is 45.7 Å². The predicted molar refractivity (Wildman–Crippen MR) is 62.0 cm³/mol. The smallest absolute Gasteiger partial charge is 1.00 e. The van der Waals surface area contributed by atoms with Gasteiger partial charge in [0.15, 0.2) is 0 Å². The van der Waals surface area contributed by atoms with Crippen LogP contribution in [0.25, 0.3) is 0 Å². The molecule has 0 aliphatic carbocycles. The van der Waals surface area contributed by atoms with Gasteiger partial charge in [0.1, 0.15) is 0 Å². The molecule has 0 aliphatic heterocycles. The Morgan fingerprint density at radius 2 is 2.15 bits per heavy atom. The summed E-state index contributed by atoms with van der Waals surface area (Å²) in [4.78, 5) is 0. The van der Waals surface area contributed by atoms with Gasteiger partial charge in [-0.25, -0.2) is 0 Å². The zero-order valence-electron chi connectivity index (χ0n) is 9.88. The number of hydrogen-bond acceptors (Lipinski definition) is 2. The zero-order valence-corrected chi connectivity index (χ0v) is 12.6. The van der Waals surface area contributed by atoms with Crippen LogP contribution in [0.2, 0.25) is 0 Å². The van der Waals surface area contributed by atoms with Crippen molar-refractivity contribution in [3.8, 4) is 0 Å². The second-order valence-corrected chi connectivity index (χ2v) is 4.07. The summed E-state index contributed by atoms with van der Waals surface area (Å²) in [5.41, 5.74) is 0. The van der Waals surface area contributed by atoms with E-state index in [4.69, 9.17) is 17.0 Å². The van der Waals surface area contributed by atoms with Crippen LogP contribution in [0.4, 0.5) is 0 Å². The number of ether oxygens (including phenoxy) is 1. The molecule has 0 bridgehead atoms. The van der Waals surface area contributed by atoms with Gasteiger partial charge < -0.3 is 6.16 Å². The molecule has 0 radical (unpaired) electrons. The topological polar surface area (TPSA) is 9.23 Å². The first-order valence-electron chi connectivity index (χ1n) is 4.56. The molecule has 74 valence electrons. The van der Waals surface area contributed by atoms with Crippen LogP contribution in [-0.2, 0) is 4.74 Å². The van der Waals surface area contributed by atoms with E-state index < -0.39 is 0 Å². The molecular formula is C9H19NaOS2. The SMILES string of the molecule is CCCCC(CC)COC(=S)S.[H-].[Na+]. The van der Waals surface area contributed by atoms with Crippen LogP contribution in [0, 0.1) is 5.92 Å². The Labute approximate surface area is 116 Å². The van der Waals surface area contributed by atoms with Gasteiger partial charge in [-0.05, 0) is 24.6 Å². The summed E-state index contributed by atoms with van der Waals surface area (Å²) in [7, 11) is 0. The summed E-state index contributed by atoms with van der Waals surface area (Å²) >= 11 is 8.63. The van der Waals surface area contributed by atoms with Crippen LogP contribution in [0.1, 0.15) is 41.0 Å². The Morgan fingerprint density at radius 3 is 2.54 bits per heavy atom. The van der Waals surface area contributed by atoms with Gasteiger partial charge in [-0.15, -0.1) is 0 Å². The third-order valence-corrected chi connectivity index (χ3v) is 2.23. The quantitative estimate of drug-likeness (QED) is 0.405. The van der Waals surface area contributed by atoms with E-state index in [1.807, 2.05) is 0 Å². The molecule has 0 aromatic rings. The molecule has 0 fully saturated rings. The molecule has 0 aromatic carbocycles. The Balaban J connectivity index is -0.000000605. The normalized spacial score (nSPS) is 11.6. The third kappa shape index (κ3) is 11.2. The van der Waals surface area contributed by atoms with Gasteiger partial charge in [0.2, 0.25) is 4.38 Å². The average Bonchev–Trinajstić information content (AvgIpc) is 2.05. The van der Waals surface area contributed by atoms with Crippen LogP contribution in [0.15, 0.2) is 0 Å². The van der Waals surface area contributed by atoms with Crippen LogP contribution in [0.5, 0.6) is 0 Å². The molecular weight excluding hydrogens is 211 g/mol. The first-order valence-corrected chi connectivity index (χ1v) is 5.41. The van der Waals surface area contributed by atoms with E-state index in [0.717, 1.165) is 13.0 Å². The van der Waals surface area contributed by atoms with E-state index in [2.05, 4.69) is 26.5 Å². The van der Waals surface area contributed by atoms with Crippen molar-refractivity contribution in [2.75, 3.05) is 6.61 Å². The molecule has 4 heteroatoms. The maximum absolute atomic E-state index is 5.19. The molecule has 1 atom stereocenters. The Morgan fingerprint density at radius 1 is 1.54 bits per heavy atom. The summed E-state index contributed by atoms with van der Waals surface area (Å²) < 4.78 is 5.55. The van der Waals surface area contributed by atoms with Gasteiger partial charge in [-0.2, -0.15) is 0 Å². The second kappa shape index (κ2) is 11.3. The standard InChI is InChI=1S/C9H18OS2.Na.H/c1-3-5-6-8(4-2)7-10-9(11)12;;/h8H,3-7H2,1-2H3,(H,11,12);;/q;+1;-1. The van der Waals surface area contributed by atoms with E-state index in [1.165, 1.54) is 19.3 Å². The minimum atomic E-state index is 0. The molecule has 1 unspecified atom stereocenters. The number of hydrogen-bond donors (Lipinski definition) is 1. The minimum absolute atomic E-state index is 0. The van der Waals surface area contributed by atoms with E-state index in [1.54, 1.807) is 0 Å². The van der Waals surface area contributed by atoms with Crippen molar-refractivity contribution in [2.45, 2.75) is 39.5 Å². The summed E-state index contributed by atoms with van der Waals surface area (Å²) in [5.74, 6) is 0.648. The minimum Gasteiger partial charge on any atom is -1.00 e. The molecule has 0 amide bonds. The van der Waals surface area contributed by atoms with Crippen LogP contribution in [0.3, 0.4) is 0 Å². The van der Waals surface area contributed by atoms with Crippen molar-refractivity contribution >= 4 is 29.2 Å². The first kappa shape index (κ1) is 16.7. The molecule has 0 rings (SSSR count). The molecule has 0 N–H and O–H groups in total. The summed E-state index contributed by atoms with van der Waals surface area (Å²) in [6, 6.07) is 0.